The largest absolute Gasteiger partial charge is 0.358 e. The summed E-state index contributed by atoms with van der Waals surface area (Å²) in [6, 6.07) is 7.84. The zero-order valence-electron chi connectivity index (χ0n) is 8.13. The maximum Gasteiger partial charge on any atom is 0.157 e. The highest BCUT2D eigenvalue weighted by molar-refractivity contribution is 8.01. The first kappa shape index (κ1) is 11.4. The molecule has 0 amide bonds. The van der Waals surface area contributed by atoms with E-state index in [0.717, 1.165) is 4.90 Å². The van der Waals surface area contributed by atoms with Crippen LogP contribution in [-0.2, 0) is 14.1 Å². The molecule has 0 spiro atoms. The summed E-state index contributed by atoms with van der Waals surface area (Å²) in [5.41, 5.74) is 1.17. The molecule has 1 nitrogen and oxygen atoms in total. The molecular weight excluding hydrogens is 168 g/mol. The Hall–Kier alpha value is -0.630. The van der Waals surface area contributed by atoms with E-state index in [9.17, 15) is 4.21 Å². The zero-order chi connectivity index (χ0) is 8.48. The first-order valence-corrected chi connectivity index (χ1v) is 5.88. The molecule has 68 valence electrons. The van der Waals surface area contributed by atoms with Crippen LogP contribution in [0.3, 0.4) is 0 Å². The Labute approximate surface area is 76.2 Å². The fourth-order valence-electron chi connectivity index (χ4n) is 0.921. The summed E-state index contributed by atoms with van der Waals surface area (Å²) in [6.45, 7) is 2.01. The molecule has 0 heterocycles. The summed E-state index contributed by atoms with van der Waals surface area (Å²) in [4.78, 5) is 0.942. The topological polar surface area (TPSA) is 17.1 Å². The molecule has 1 rings (SSSR count). The van der Waals surface area contributed by atoms with Gasteiger partial charge in [-0.2, -0.15) is 0 Å². The van der Waals surface area contributed by atoms with Crippen molar-refractivity contribution in [1.29, 1.82) is 0 Å². The van der Waals surface area contributed by atoms with Crippen LogP contribution in [0.4, 0.5) is 0 Å². The van der Waals surface area contributed by atoms with Crippen molar-refractivity contribution in [2.24, 2.45) is 0 Å². The highest BCUT2D eigenvalue weighted by atomic mass is 32.2. The molecule has 0 aliphatic carbocycles. The van der Waals surface area contributed by atoms with Gasteiger partial charge in [-0.3, -0.25) is 0 Å². The van der Waals surface area contributed by atoms with Gasteiger partial charge in [0.2, 0.25) is 0 Å². The van der Waals surface area contributed by atoms with Gasteiger partial charge < -0.3 is 7.43 Å². The van der Waals surface area contributed by atoms with Crippen LogP contribution in [0.25, 0.3) is 0 Å². The molecule has 0 radical (unpaired) electrons. The zero-order valence-corrected chi connectivity index (χ0v) is 8.94. The first-order valence-electron chi connectivity index (χ1n) is 3.51. The van der Waals surface area contributed by atoms with E-state index < -0.39 is 9.93 Å². The van der Waals surface area contributed by atoms with E-state index >= 15 is 0 Å². The van der Waals surface area contributed by atoms with Crippen molar-refractivity contribution in [2.45, 2.75) is 11.8 Å². The molecule has 2 heteroatoms. The molecular formula is C10H16OS. The molecule has 1 aromatic carbocycles. The summed E-state index contributed by atoms with van der Waals surface area (Å²) in [5, 5.41) is 0. The smallest absolute Gasteiger partial charge is 0.157 e. The van der Waals surface area contributed by atoms with Crippen LogP contribution < -0.4 is 0 Å². The minimum atomic E-state index is -1.78. The number of hydrogen-bond acceptors (Lipinski definition) is 1. The van der Waals surface area contributed by atoms with Gasteiger partial charge in [0.25, 0.3) is 0 Å². The van der Waals surface area contributed by atoms with Crippen LogP contribution >= 0.6 is 0 Å². The van der Waals surface area contributed by atoms with Crippen molar-refractivity contribution in [2.75, 3.05) is 12.5 Å². The van der Waals surface area contributed by atoms with Gasteiger partial charge in [-0.25, -0.2) is 0 Å². The molecule has 0 aliphatic heterocycles. The maximum atomic E-state index is 11.5. The van der Waals surface area contributed by atoms with Gasteiger partial charge in [-0.15, -0.1) is 4.21 Å². The van der Waals surface area contributed by atoms with Gasteiger partial charge in [0.1, 0.15) is 22.4 Å². The molecule has 0 saturated heterocycles. The molecule has 12 heavy (non-hydrogen) atoms. The van der Waals surface area contributed by atoms with Gasteiger partial charge >= 0.3 is 0 Å². The van der Waals surface area contributed by atoms with E-state index in [1.165, 1.54) is 5.56 Å². The molecule has 1 aromatic rings. The lowest BCUT2D eigenvalue weighted by Gasteiger charge is -1.99. The van der Waals surface area contributed by atoms with E-state index in [4.69, 9.17) is 0 Å². The van der Waals surface area contributed by atoms with Crippen LogP contribution in [0.15, 0.2) is 29.2 Å². The molecule has 0 bridgehead atoms. The molecule has 0 unspecified atom stereocenters. The SMILES string of the molecule is Cc1cccc([S+](C)(C)=O)c1.[CH3-]. The van der Waals surface area contributed by atoms with Crippen molar-refractivity contribution in [3.8, 4) is 0 Å². The van der Waals surface area contributed by atoms with Crippen molar-refractivity contribution in [3.63, 3.8) is 0 Å². The summed E-state index contributed by atoms with van der Waals surface area (Å²) in [7, 11) is -1.78. The summed E-state index contributed by atoms with van der Waals surface area (Å²) in [5.74, 6) is 0. The predicted molar refractivity (Wildman–Crippen MR) is 55.8 cm³/mol. The third-order valence-electron chi connectivity index (χ3n) is 1.56. The lowest BCUT2D eigenvalue weighted by Crippen LogP contribution is -2.04. The molecule has 0 aromatic heterocycles. The number of aryl methyl sites for hydroxylation is 1. The quantitative estimate of drug-likeness (QED) is 0.484. The highest BCUT2D eigenvalue weighted by Crippen LogP contribution is 2.14. The molecule has 0 aliphatic rings. The van der Waals surface area contributed by atoms with E-state index in [-0.39, 0.29) is 7.43 Å². The average Bonchev–Trinajstić information content (AvgIpc) is 1.86. The Bertz CT molecular complexity index is 298. The standard InChI is InChI=1S/C9H13OS.CH3/c1-8-5-4-6-9(7-8)11(2,3)10;/h4-7H,1-3H3;1H3/q+1;-1. The van der Waals surface area contributed by atoms with Crippen LogP contribution in [-0.4, -0.2) is 12.5 Å². The Balaban J connectivity index is 0.00000121. The average molecular weight is 184 g/mol. The van der Waals surface area contributed by atoms with Gasteiger partial charge in [-0.1, -0.05) is 12.1 Å². The molecule has 0 saturated carbocycles. The molecule has 0 N–H and O–H groups in total. The lowest BCUT2D eigenvalue weighted by molar-refractivity contribution is 0.591. The van der Waals surface area contributed by atoms with E-state index in [0.29, 0.717) is 0 Å². The Morgan fingerprint density at radius 2 is 1.83 bits per heavy atom. The molecule has 0 atom stereocenters. The monoisotopic (exact) mass is 184 g/mol. The second kappa shape index (κ2) is 3.85. The normalized spacial score (nSPS) is 10.6. The van der Waals surface area contributed by atoms with E-state index in [1.54, 1.807) is 12.5 Å². The second-order valence-corrected chi connectivity index (χ2v) is 5.99. The predicted octanol–water partition coefficient (Wildman–Crippen LogP) is 2.56. The fraction of sp³-hybridized carbons (Fsp3) is 0.300. The van der Waals surface area contributed by atoms with Crippen LogP contribution in [0.5, 0.6) is 0 Å². The van der Waals surface area contributed by atoms with Gasteiger partial charge in [0.05, 0.1) is 0 Å². The third-order valence-corrected chi connectivity index (χ3v) is 2.95. The summed E-state index contributed by atoms with van der Waals surface area (Å²) >= 11 is 0. The van der Waals surface area contributed by atoms with E-state index in [2.05, 4.69) is 0 Å². The maximum absolute atomic E-state index is 11.5. The van der Waals surface area contributed by atoms with Crippen LogP contribution in [0.2, 0.25) is 0 Å². The van der Waals surface area contributed by atoms with Gasteiger partial charge in [-0.05, 0) is 24.6 Å². The van der Waals surface area contributed by atoms with Gasteiger partial charge in [0, 0.05) is 0 Å². The second-order valence-electron chi connectivity index (χ2n) is 3.05. The van der Waals surface area contributed by atoms with Crippen LogP contribution in [0, 0.1) is 14.4 Å². The highest BCUT2D eigenvalue weighted by Gasteiger charge is 2.16. The Morgan fingerprint density at radius 3 is 2.17 bits per heavy atom. The number of rotatable bonds is 1. The van der Waals surface area contributed by atoms with Crippen molar-refractivity contribution < 1.29 is 4.21 Å². The molecule has 0 fully saturated rings. The lowest BCUT2D eigenvalue weighted by atomic mass is 10.2. The third kappa shape index (κ3) is 2.78. The summed E-state index contributed by atoms with van der Waals surface area (Å²) < 4.78 is 11.5. The van der Waals surface area contributed by atoms with Crippen LogP contribution in [0.1, 0.15) is 5.56 Å². The van der Waals surface area contributed by atoms with Crippen molar-refractivity contribution in [1.82, 2.24) is 0 Å². The minimum absolute atomic E-state index is 0. The Morgan fingerprint density at radius 1 is 1.25 bits per heavy atom. The Kier molecular flexibility index (Phi) is 3.65. The summed E-state index contributed by atoms with van der Waals surface area (Å²) in [6.07, 6.45) is 3.53. The fourth-order valence-corrected chi connectivity index (χ4v) is 1.80. The van der Waals surface area contributed by atoms with Gasteiger partial charge in [0.15, 0.2) is 4.90 Å². The number of hydrogen-bond donors (Lipinski definition) is 0. The van der Waals surface area contributed by atoms with E-state index in [1.807, 2.05) is 31.2 Å². The minimum Gasteiger partial charge on any atom is -0.358 e. The first-order chi connectivity index (χ1) is 5.00. The number of benzene rings is 1. The van der Waals surface area contributed by atoms with Crippen molar-refractivity contribution >= 4 is 9.93 Å². The van der Waals surface area contributed by atoms with Crippen molar-refractivity contribution in [3.05, 3.63) is 37.3 Å².